The molecule has 1 aromatic carbocycles. The molecule has 0 amide bonds. The van der Waals surface area contributed by atoms with Gasteiger partial charge in [0.05, 0.1) is 0 Å². The Balaban J connectivity index is 2.21. The van der Waals surface area contributed by atoms with Crippen LogP contribution in [0.4, 0.5) is 0 Å². The molecule has 3 rings (SSSR count). The van der Waals surface area contributed by atoms with E-state index in [2.05, 4.69) is 21.2 Å². The fourth-order valence-electron chi connectivity index (χ4n) is 3.73. The predicted octanol–water partition coefficient (Wildman–Crippen LogP) is 4.64. The molecule has 24 heavy (non-hydrogen) atoms. The highest BCUT2D eigenvalue weighted by atomic mass is 79.9. The maximum absolute atomic E-state index is 13.2. The van der Waals surface area contributed by atoms with Crippen LogP contribution in [0.2, 0.25) is 0 Å². The summed E-state index contributed by atoms with van der Waals surface area (Å²) in [7, 11) is 0. The van der Waals surface area contributed by atoms with Crippen molar-refractivity contribution in [1.82, 2.24) is 5.32 Å². The summed E-state index contributed by atoms with van der Waals surface area (Å²) >= 11 is 3.45. The van der Waals surface area contributed by atoms with E-state index in [0.717, 1.165) is 39.8 Å². The Kier molecular flexibility index (Phi) is 4.28. The van der Waals surface area contributed by atoms with Crippen LogP contribution in [0.1, 0.15) is 52.0 Å². The van der Waals surface area contributed by atoms with Crippen LogP contribution in [0.3, 0.4) is 0 Å². The number of nitrogens with one attached hydrogen (secondary N) is 1. The summed E-state index contributed by atoms with van der Waals surface area (Å²) in [6.07, 6.45) is 1.66. The summed E-state index contributed by atoms with van der Waals surface area (Å²) in [5.74, 6) is -0.120. The van der Waals surface area contributed by atoms with Gasteiger partial charge in [-0.15, -0.1) is 0 Å². The molecule has 2 aliphatic rings. The first-order valence-corrected chi connectivity index (χ1v) is 9.03. The normalized spacial score (nSPS) is 23.0. The third kappa shape index (κ3) is 2.77. The Morgan fingerprint density at radius 1 is 1.25 bits per heavy atom. The number of hydrogen-bond donors (Lipinski definition) is 1. The van der Waals surface area contributed by atoms with Crippen molar-refractivity contribution in [3.05, 3.63) is 56.8 Å². The van der Waals surface area contributed by atoms with Crippen molar-refractivity contribution in [3.8, 4) is 0 Å². The minimum Gasteiger partial charge on any atom is -0.362 e. The predicted molar refractivity (Wildman–Crippen MR) is 98.4 cm³/mol. The van der Waals surface area contributed by atoms with Crippen molar-refractivity contribution in [2.75, 3.05) is 0 Å². The van der Waals surface area contributed by atoms with E-state index < -0.39 is 0 Å². The van der Waals surface area contributed by atoms with E-state index in [9.17, 15) is 9.59 Å². The van der Waals surface area contributed by atoms with Crippen LogP contribution in [-0.4, -0.2) is 11.6 Å². The Hall–Kier alpha value is -1.68. The van der Waals surface area contributed by atoms with Gasteiger partial charge in [-0.25, -0.2) is 0 Å². The maximum Gasteiger partial charge on any atom is 0.167 e. The molecule has 1 aromatic rings. The summed E-state index contributed by atoms with van der Waals surface area (Å²) in [5.41, 5.74) is 3.91. The fourth-order valence-corrected chi connectivity index (χ4v) is 4.00. The second kappa shape index (κ2) is 5.99. The minimum atomic E-state index is -0.388. The molecule has 0 spiro atoms. The van der Waals surface area contributed by atoms with Gasteiger partial charge in [0, 0.05) is 38.3 Å². The highest BCUT2D eigenvalue weighted by Crippen LogP contribution is 2.46. The van der Waals surface area contributed by atoms with Crippen molar-refractivity contribution in [2.24, 2.45) is 5.41 Å². The number of carbonyl (C=O) groups excluding carboxylic acids is 2. The number of carbonyl (C=O) groups is 2. The molecule has 3 nitrogen and oxygen atoms in total. The number of dihydropyridines is 1. The summed E-state index contributed by atoms with van der Waals surface area (Å²) in [6.45, 7) is 7.50. The topological polar surface area (TPSA) is 46.2 Å². The zero-order valence-corrected chi connectivity index (χ0v) is 16.1. The van der Waals surface area contributed by atoms with Gasteiger partial charge in [0.2, 0.25) is 0 Å². The van der Waals surface area contributed by atoms with Gasteiger partial charge in [-0.2, -0.15) is 0 Å². The second-order valence-electron chi connectivity index (χ2n) is 7.31. The summed E-state index contributed by atoms with van der Waals surface area (Å²) in [6, 6.07) is 7.91. The van der Waals surface area contributed by atoms with Crippen LogP contribution >= 0.6 is 15.9 Å². The number of hydrogen-bond acceptors (Lipinski definition) is 3. The van der Waals surface area contributed by atoms with E-state index in [1.165, 1.54) is 0 Å². The van der Waals surface area contributed by atoms with Crippen LogP contribution in [0, 0.1) is 5.41 Å². The number of benzene rings is 1. The maximum atomic E-state index is 13.2. The van der Waals surface area contributed by atoms with E-state index in [4.69, 9.17) is 0 Å². The van der Waals surface area contributed by atoms with Gasteiger partial charge in [-0.3, -0.25) is 9.59 Å². The van der Waals surface area contributed by atoms with Crippen molar-refractivity contribution in [1.29, 1.82) is 0 Å². The van der Waals surface area contributed by atoms with Crippen LogP contribution < -0.4 is 5.32 Å². The van der Waals surface area contributed by atoms with Crippen LogP contribution in [0.5, 0.6) is 0 Å². The Morgan fingerprint density at radius 3 is 2.46 bits per heavy atom. The molecule has 0 bridgehead atoms. The highest BCUT2D eigenvalue weighted by Gasteiger charge is 2.43. The molecular weight excluding hydrogens is 366 g/mol. The lowest BCUT2D eigenvalue weighted by molar-refractivity contribution is -0.124. The first-order valence-electron chi connectivity index (χ1n) is 8.24. The molecule has 1 heterocycles. The monoisotopic (exact) mass is 387 g/mol. The van der Waals surface area contributed by atoms with Gasteiger partial charge < -0.3 is 5.32 Å². The molecule has 0 aromatic heterocycles. The lowest BCUT2D eigenvalue weighted by Crippen LogP contribution is -2.40. The van der Waals surface area contributed by atoms with E-state index in [0.29, 0.717) is 5.57 Å². The molecule has 1 N–H and O–H groups in total. The van der Waals surface area contributed by atoms with Gasteiger partial charge in [-0.05, 0) is 44.4 Å². The molecular formula is C20H22BrNO2. The number of ketones is 2. The molecule has 126 valence electrons. The summed E-state index contributed by atoms with van der Waals surface area (Å²) in [5, 5.41) is 3.34. The van der Waals surface area contributed by atoms with Gasteiger partial charge in [0.1, 0.15) is 0 Å². The van der Waals surface area contributed by atoms with Gasteiger partial charge in [0.25, 0.3) is 0 Å². The van der Waals surface area contributed by atoms with E-state index in [1.807, 2.05) is 45.0 Å². The smallest absolute Gasteiger partial charge is 0.167 e. The van der Waals surface area contributed by atoms with Crippen molar-refractivity contribution < 1.29 is 9.59 Å². The highest BCUT2D eigenvalue weighted by molar-refractivity contribution is 9.10. The van der Waals surface area contributed by atoms with E-state index in [1.54, 1.807) is 6.92 Å². The largest absolute Gasteiger partial charge is 0.362 e. The molecule has 0 radical (unpaired) electrons. The number of allylic oxidation sites excluding steroid dienone is 4. The standard InChI is InChI=1S/C20H22BrNO2/c1-11-16(12(2)23)17(13-5-7-14(21)8-6-13)18-15(22-11)9-10-20(3,4)19(18)24/h5-8,17,22H,9-10H2,1-4H3. The summed E-state index contributed by atoms with van der Waals surface area (Å²) in [4.78, 5) is 25.5. The Bertz CT molecular complexity index is 784. The van der Waals surface area contributed by atoms with Gasteiger partial charge >= 0.3 is 0 Å². The minimum absolute atomic E-state index is 0.00986. The lowest BCUT2D eigenvalue weighted by Gasteiger charge is -2.39. The van der Waals surface area contributed by atoms with Crippen molar-refractivity contribution in [2.45, 2.75) is 46.5 Å². The van der Waals surface area contributed by atoms with Gasteiger partial charge in [0.15, 0.2) is 11.6 Å². The van der Waals surface area contributed by atoms with Crippen LogP contribution in [0.15, 0.2) is 51.3 Å². The first-order chi connectivity index (χ1) is 11.2. The lowest BCUT2D eigenvalue weighted by atomic mass is 9.67. The molecule has 4 heteroatoms. The molecule has 1 atom stereocenters. The average Bonchev–Trinajstić information content (AvgIpc) is 2.51. The van der Waals surface area contributed by atoms with Crippen LogP contribution in [0.25, 0.3) is 0 Å². The zero-order valence-electron chi connectivity index (χ0n) is 14.5. The summed E-state index contributed by atoms with van der Waals surface area (Å²) < 4.78 is 0.981. The number of rotatable bonds is 2. The third-order valence-corrected chi connectivity index (χ3v) is 5.62. The van der Waals surface area contributed by atoms with Crippen LogP contribution in [-0.2, 0) is 9.59 Å². The Morgan fingerprint density at radius 2 is 1.88 bits per heavy atom. The van der Waals surface area contributed by atoms with Gasteiger partial charge in [-0.1, -0.05) is 41.9 Å². The SMILES string of the molecule is CC(=O)C1=C(C)NC2=C(C(=O)C(C)(C)CC2)C1c1ccc(Br)cc1. The average molecular weight is 388 g/mol. The quantitative estimate of drug-likeness (QED) is 0.803. The third-order valence-electron chi connectivity index (χ3n) is 5.09. The molecule has 0 saturated heterocycles. The second-order valence-corrected chi connectivity index (χ2v) is 8.23. The molecule has 1 aliphatic heterocycles. The molecule has 0 saturated carbocycles. The van der Waals surface area contributed by atoms with E-state index in [-0.39, 0.29) is 22.9 Å². The van der Waals surface area contributed by atoms with E-state index >= 15 is 0 Å². The molecule has 1 aliphatic carbocycles. The molecule has 1 unspecified atom stereocenters. The molecule has 0 fully saturated rings. The number of halogens is 1. The zero-order chi connectivity index (χ0) is 17.6. The van der Waals surface area contributed by atoms with Crippen molar-refractivity contribution >= 4 is 27.5 Å². The number of Topliss-reactive ketones (excluding diaryl/α,β-unsaturated/α-hetero) is 2. The first kappa shape index (κ1) is 17.2. The Labute approximate surface area is 151 Å². The van der Waals surface area contributed by atoms with Crippen molar-refractivity contribution in [3.63, 3.8) is 0 Å². The fraction of sp³-hybridized carbons (Fsp3) is 0.400.